The molecule has 1 aliphatic carbocycles. The molecule has 0 saturated heterocycles. The molecular weight excluding hydrogens is 871 g/mol. The Bertz CT molecular complexity index is 4230. The summed E-state index contributed by atoms with van der Waals surface area (Å²) >= 11 is 0. The van der Waals surface area contributed by atoms with Gasteiger partial charge in [0.1, 0.15) is 0 Å². The lowest BCUT2D eigenvalue weighted by molar-refractivity contribution is 0.660. The predicted octanol–water partition coefficient (Wildman–Crippen LogP) is 18.7. The summed E-state index contributed by atoms with van der Waals surface area (Å²) in [6.07, 6.45) is 0. The fourth-order valence-corrected chi connectivity index (χ4v) is 11.9. The van der Waals surface area contributed by atoms with Gasteiger partial charge in [0, 0.05) is 55.3 Å². The molecule has 2 heterocycles. The van der Waals surface area contributed by atoms with E-state index in [4.69, 9.17) is 0 Å². The molecule has 72 heavy (non-hydrogen) atoms. The van der Waals surface area contributed by atoms with E-state index in [1.54, 1.807) is 0 Å². The van der Waals surface area contributed by atoms with Crippen LogP contribution in [0.25, 0.3) is 99.5 Å². The minimum Gasteiger partial charge on any atom is -0.310 e. The first kappa shape index (κ1) is 41.8. The second-order valence-corrected chi connectivity index (χ2v) is 19.7. The van der Waals surface area contributed by atoms with Crippen LogP contribution >= 0.6 is 0 Å². The van der Waals surface area contributed by atoms with Crippen LogP contribution in [0.4, 0.5) is 17.1 Å². The summed E-state index contributed by atoms with van der Waals surface area (Å²) < 4.78 is 4.81. The highest BCUT2D eigenvalue weighted by Crippen LogP contribution is 2.52. The van der Waals surface area contributed by atoms with E-state index in [-0.39, 0.29) is 5.41 Å². The van der Waals surface area contributed by atoms with Crippen LogP contribution in [0.3, 0.4) is 0 Å². The first-order valence-electron chi connectivity index (χ1n) is 25.0. The minimum absolute atomic E-state index is 0.0886. The Hall–Kier alpha value is -9.18. The highest BCUT2D eigenvalue weighted by atomic mass is 15.1. The number of benzene rings is 11. The summed E-state index contributed by atoms with van der Waals surface area (Å²) in [5, 5.41) is 4.94. The van der Waals surface area contributed by atoms with Gasteiger partial charge in [0.15, 0.2) is 0 Å². The fraction of sp³-hybridized carbons (Fsp3) is 0.0435. The van der Waals surface area contributed by atoms with Gasteiger partial charge in [-0.3, -0.25) is 0 Å². The maximum atomic E-state index is 2.45. The lowest BCUT2D eigenvalue weighted by atomic mass is 9.82. The molecule has 2 aromatic heterocycles. The number of anilines is 3. The van der Waals surface area contributed by atoms with Crippen molar-refractivity contribution in [2.75, 3.05) is 4.90 Å². The summed E-state index contributed by atoms with van der Waals surface area (Å²) in [6.45, 7) is 4.70. The van der Waals surface area contributed by atoms with Crippen molar-refractivity contribution in [3.8, 4) is 55.9 Å². The van der Waals surface area contributed by atoms with Gasteiger partial charge in [0.2, 0.25) is 0 Å². The Morgan fingerprint density at radius 3 is 1.50 bits per heavy atom. The average Bonchev–Trinajstić information content (AvgIpc) is 4.04. The van der Waals surface area contributed by atoms with Crippen molar-refractivity contribution in [2.24, 2.45) is 0 Å². The van der Waals surface area contributed by atoms with Crippen LogP contribution in [0.2, 0.25) is 0 Å². The van der Waals surface area contributed by atoms with Crippen LogP contribution in [-0.4, -0.2) is 9.13 Å². The molecule has 0 aliphatic heterocycles. The molecule has 0 spiro atoms. The van der Waals surface area contributed by atoms with Gasteiger partial charge in [-0.1, -0.05) is 172 Å². The zero-order chi connectivity index (χ0) is 47.9. The fourth-order valence-electron chi connectivity index (χ4n) is 11.9. The maximum absolute atomic E-state index is 2.45. The molecule has 0 N–H and O–H groups in total. The molecule has 0 saturated carbocycles. The highest BCUT2D eigenvalue weighted by Gasteiger charge is 2.35. The predicted molar refractivity (Wildman–Crippen MR) is 304 cm³/mol. The van der Waals surface area contributed by atoms with Crippen LogP contribution in [0.1, 0.15) is 25.0 Å². The molecule has 14 rings (SSSR count). The minimum atomic E-state index is -0.0886. The Morgan fingerprint density at radius 2 is 0.792 bits per heavy atom. The largest absolute Gasteiger partial charge is 0.310 e. The van der Waals surface area contributed by atoms with Crippen molar-refractivity contribution >= 4 is 60.7 Å². The van der Waals surface area contributed by atoms with Crippen molar-refractivity contribution in [2.45, 2.75) is 19.3 Å². The number of hydrogen-bond acceptors (Lipinski definition) is 1. The zero-order valence-electron chi connectivity index (χ0n) is 40.2. The number of rotatable bonds is 8. The quantitative estimate of drug-likeness (QED) is 0.148. The van der Waals surface area contributed by atoms with Crippen molar-refractivity contribution in [3.63, 3.8) is 0 Å². The van der Waals surface area contributed by atoms with Gasteiger partial charge in [0.25, 0.3) is 0 Å². The molecule has 11 aromatic carbocycles. The molecule has 0 fully saturated rings. The molecule has 0 bridgehead atoms. The van der Waals surface area contributed by atoms with Gasteiger partial charge in [-0.25, -0.2) is 0 Å². The second kappa shape index (κ2) is 16.5. The number of para-hydroxylation sites is 6. The van der Waals surface area contributed by atoms with Crippen molar-refractivity contribution in [3.05, 3.63) is 272 Å². The van der Waals surface area contributed by atoms with Crippen LogP contribution < -0.4 is 4.90 Å². The molecule has 1 aliphatic rings. The molecule has 3 nitrogen and oxygen atoms in total. The summed E-state index contributed by atoms with van der Waals surface area (Å²) in [5.74, 6) is 0. The van der Waals surface area contributed by atoms with Crippen molar-refractivity contribution in [1.82, 2.24) is 9.13 Å². The topological polar surface area (TPSA) is 13.1 Å². The van der Waals surface area contributed by atoms with Gasteiger partial charge >= 0.3 is 0 Å². The molecule has 0 amide bonds. The highest BCUT2D eigenvalue weighted by molar-refractivity contribution is 6.12. The lowest BCUT2D eigenvalue weighted by Crippen LogP contribution is -2.15. The van der Waals surface area contributed by atoms with E-state index in [1.165, 1.54) is 71.4 Å². The number of fused-ring (bicyclic) bond motifs is 9. The van der Waals surface area contributed by atoms with E-state index >= 15 is 0 Å². The third-order valence-electron chi connectivity index (χ3n) is 15.3. The van der Waals surface area contributed by atoms with Crippen LogP contribution in [-0.2, 0) is 5.41 Å². The first-order chi connectivity index (χ1) is 35.5. The lowest BCUT2D eigenvalue weighted by Gasteiger charge is -2.29. The first-order valence-corrected chi connectivity index (χ1v) is 25.0. The van der Waals surface area contributed by atoms with Crippen LogP contribution in [0.15, 0.2) is 261 Å². The molecule has 13 aromatic rings. The van der Waals surface area contributed by atoms with E-state index in [0.717, 1.165) is 56.3 Å². The average molecular weight is 920 g/mol. The van der Waals surface area contributed by atoms with Crippen LogP contribution in [0.5, 0.6) is 0 Å². The smallest absolute Gasteiger partial charge is 0.0547 e. The van der Waals surface area contributed by atoms with Crippen molar-refractivity contribution in [1.29, 1.82) is 0 Å². The van der Waals surface area contributed by atoms with Gasteiger partial charge < -0.3 is 14.0 Å². The van der Waals surface area contributed by atoms with Gasteiger partial charge in [0.05, 0.1) is 27.8 Å². The Balaban J connectivity index is 1.00. The third kappa shape index (κ3) is 6.58. The van der Waals surface area contributed by atoms with E-state index < -0.39 is 0 Å². The second-order valence-electron chi connectivity index (χ2n) is 19.7. The van der Waals surface area contributed by atoms with Gasteiger partial charge in [-0.2, -0.15) is 0 Å². The van der Waals surface area contributed by atoms with Gasteiger partial charge in [-0.05, 0) is 153 Å². The molecule has 0 atom stereocenters. The maximum Gasteiger partial charge on any atom is 0.0547 e. The van der Waals surface area contributed by atoms with Crippen molar-refractivity contribution < 1.29 is 0 Å². The molecule has 340 valence electrons. The van der Waals surface area contributed by atoms with E-state index in [0.29, 0.717) is 0 Å². The normalized spacial score (nSPS) is 12.7. The SMILES string of the molecule is CC1(C)c2ccccc2-c2cc(N(c3ccccc3)c3ccccc3-c3cc(-c4ccc5c(c4)c4ccccc4n5-c4ccccc4)cc(-c4ccc5c6ccccc6n(-c6ccccc6)c5c4)c3)ccc21. The summed E-state index contributed by atoms with van der Waals surface area (Å²) in [4.78, 5) is 2.45. The summed E-state index contributed by atoms with van der Waals surface area (Å²) in [6, 6.07) is 96.1. The molecule has 0 unspecified atom stereocenters. The zero-order valence-corrected chi connectivity index (χ0v) is 40.2. The number of hydrogen-bond donors (Lipinski definition) is 0. The molecule has 0 radical (unpaired) electrons. The molecule has 3 heteroatoms. The van der Waals surface area contributed by atoms with Gasteiger partial charge in [-0.15, -0.1) is 0 Å². The standard InChI is InChI=1S/C69H49N3/c1-69(2)62-30-16-12-27-56(62)60-45-54(36-38-63(60)69)70(51-20-6-3-7-21-51)64-31-17-13-26-55(64)50-41-48(46-35-39-67-61(43-46)58-29-15-19-33-66(58)71(67)52-22-8-4-9-23-52)40-49(42-50)47-34-37-59-57-28-14-18-32-65(57)72(68(59)44-47)53-24-10-5-11-25-53/h3-45H,1-2H3. The van der Waals surface area contributed by atoms with E-state index in [1.807, 2.05) is 0 Å². The Kier molecular flexibility index (Phi) is 9.56. The summed E-state index contributed by atoms with van der Waals surface area (Å²) in [7, 11) is 0. The Morgan fingerprint density at radius 1 is 0.292 bits per heavy atom. The number of aromatic nitrogens is 2. The molecular formula is C69H49N3. The monoisotopic (exact) mass is 919 g/mol. The number of nitrogens with zero attached hydrogens (tertiary/aromatic N) is 3. The van der Waals surface area contributed by atoms with E-state index in [9.17, 15) is 0 Å². The van der Waals surface area contributed by atoms with Crippen LogP contribution in [0, 0.1) is 0 Å². The summed E-state index contributed by atoms with van der Waals surface area (Å²) in [5.41, 5.74) is 22.6. The van der Waals surface area contributed by atoms with E-state index in [2.05, 4.69) is 289 Å². The third-order valence-corrected chi connectivity index (χ3v) is 15.3. The Labute approximate surface area is 419 Å².